The smallest absolute Gasteiger partial charge is 0.258 e. The molecule has 6 heteroatoms. The maximum atomic E-state index is 11.8. The standard InChI is InChI=1S/C14H21N3O3/c1-9(2)13(14(19)17-15)16-12(18)8-20-11-7-5-4-6-10(11)3/h4-7,9,13H,8,15H2,1-3H3,(H,16,18)(H,17,19). The molecule has 4 N–H and O–H groups in total. The second kappa shape index (κ2) is 7.49. The van der Waals surface area contributed by atoms with Gasteiger partial charge in [-0.15, -0.1) is 0 Å². The molecule has 0 fully saturated rings. The molecule has 0 saturated heterocycles. The number of nitrogens with two attached hydrogens (primary N) is 1. The summed E-state index contributed by atoms with van der Waals surface area (Å²) < 4.78 is 5.42. The van der Waals surface area contributed by atoms with Gasteiger partial charge in [-0.1, -0.05) is 32.0 Å². The molecule has 0 spiro atoms. The Morgan fingerprint density at radius 2 is 1.95 bits per heavy atom. The first kappa shape index (κ1) is 16.0. The molecule has 1 aromatic carbocycles. The summed E-state index contributed by atoms with van der Waals surface area (Å²) in [7, 11) is 0. The fourth-order valence-electron chi connectivity index (χ4n) is 1.70. The summed E-state index contributed by atoms with van der Waals surface area (Å²) in [5.74, 6) is 4.87. The van der Waals surface area contributed by atoms with Crippen molar-refractivity contribution in [3.8, 4) is 5.75 Å². The zero-order valence-electron chi connectivity index (χ0n) is 12.0. The maximum Gasteiger partial charge on any atom is 0.258 e. The van der Waals surface area contributed by atoms with Crippen LogP contribution in [0.25, 0.3) is 0 Å². The summed E-state index contributed by atoms with van der Waals surface area (Å²) in [6, 6.07) is 6.73. The zero-order valence-corrected chi connectivity index (χ0v) is 12.0. The van der Waals surface area contributed by atoms with Gasteiger partial charge in [-0.2, -0.15) is 0 Å². The van der Waals surface area contributed by atoms with E-state index in [1.54, 1.807) is 6.07 Å². The topological polar surface area (TPSA) is 93.4 Å². The molecular formula is C14H21N3O3. The van der Waals surface area contributed by atoms with Crippen LogP contribution in [0, 0.1) is 12.8 Å². The molecule has 0 saturated carbocycles. The summed E-state index contributed by atoms with van der Waals surface area (Å²) >= 11 is 0. The number of hydrogen-bond donors (Lipinski definition) is 3. The van der Waals surface area contributed by atoms with Gasteiger partial charge in [0, 0.05) is 0 Å². The quantitative estimate of drug-likeness (QED) is 0.402. The van der Waals surface area contributed by atoms with Gasteiger partial charge in [0.1, 0.15) is 11.8 Å². The third-order valence-corrected chi connectivity index (χ3v) is 2.86. The average molecular weight is 279 g/mol. The van der Waals surface area contributed by atoms with Crippen molar-refractivity contribution >= 4 is 11.8 Å². The van der Waals surface area contributed by atoms with E-state index >= 15 is 0 Å². The van der Waals surface area contributed by atoms with Gasteiger partial charge >= 0.3 is 0 Å². The monoisotopic (exact) mass is 279 g/mol. The Kier molecular flexibility index (Phi) is 5.99. The number of para-hydroxylation sites is 1. The van der Waals surface area contributed by atoms with Crippen molar-refractivity contribution in [1.29, 1.82) is 0 Å². The molecule has 0 radical (unpaired) electrons. The van der Waals surface area contributed by atoms with Crippen LogP contribution in [0.15, 0.2) is 24.3 Å². The SMILES string of the molecule is Cc1ccccc1OCC(=O)NC(C(=O)NN)C(C)C. The minimum absolute atomic E-state index is 0.0686. The van der Waals surface area contributed by atoms with Crippen LogP contribution in [0.2, 0.25) is 0 Å². The van der Waals surface area contributed by atoms with E-state index in [2.05, 4.69) is 5.32 Å². The van der Waals surface area contributed by atoms with Gasteiger partial charge < -0.3 is 10.1 Å². The van der Waals surface area contributed by atoms with Crippen LogP contribution in [0.4, 0.5) is 0 Å². The molecule has 1 unspecified atom stereocenters. The van der Waals surface area contributed by atoms with Crippen molar-refractivity contribution < 1.29 is 14.3 Å². The van der Waals surface area contributed by atoms with Crippen LogP contribution in [-0.4, -0.2) is 24.5 Å². The summed E-state index contributed by atoms with van der Waals surface area (Å²) in [6.45, 7) is 5.39. The van der Waals surface area contributed by atoms with Crippen LogP contribution >= 0.6 is 0 Å². The third-order valence-electron chi connectivity index (χ3n) is 2.86. The summed E-state index contributed by atoms with van der Waals surface area (Å²) in [4.78, 5) is 23.3. The van der Waals surface area contributed by atoms with E-state index in [0.717, 1.165) is 5.56 Å². The van der Waals surface area contributed by atoms with Gasteiger partial charge in [-0.05, 0) is 24.5 Å². The van der Waals surface area contributed by atoms with Crippen LogP contribution in [0.1, 0.15) is 19.4 Å². The number of rotatable bonds is 6. The van der Waals surface area contributed by atoms with Crippen LogP contribution in [-0.2, 0) is 9.59 Å². The lowest BCUT2D eigenvalue weighted by molar-refractivity contribution is -0.131. The lowest BCUT2D eigenvalue weighted by Crippen LogP contribution is -2.52. The number of carbonyl (C=O) groups excluding carboxylic acids is 2. The molecule has 0 aliphatic carbocycles. The van der Waals surface area contributed by atoms with Crippen molar-refractivity contribution in [3.05, 3.63) is 29.8 Å². The Bertz CT molecular complexity index is 474. The predicted octanol–water partition coefficient (Wildman–Crippen LogP) is 0.505. The van der Waals surface area contributed by atoms with Gasteiger partial charge in [0.15, 0.2) is 6.61 Å². The molecule has 110 valence electrons. The first-order valence-corrected chi connectivity index (χ1v) is 6.44. The van der Waals surface area contributed by atoms with Crippen molar-refractivity contribution in [3.63, 3.8) is 0 Å². The fourth-order valence-corrected chi connectivity index (χ4v) is 1.70. The van der Waals surface area contributed by atoms with Gasteiger partial charge in [-0.3, -0.25) is 15.0 Å². The highest BCUT2D eigenvalue weighted by Crippen LogP contribution is 2.15. The van der Waals surface area contributed by atoms with Crippen molar-refractivity contribution in [1.82, 2.24) is 10.7 Å². The lowest BCUT2D eigenvalue weighted by atomic mass is 10.0. The molecular weight excluding hydrogens is 258 g/mol. The first-order chi connectivity index (χ1) is 9.45. The van der Waals surface area contributed by atoms with Gasteiger partial charge in [-0.25, -0.2) is 5.84 Å². The number of aryl methyl sites for hydroxylation is 1. The number of nitrogens with one attached hydrogen (secondary N) is 2. The van der Waals surface area contributed by atoms with Gasteiger partial charge in [0.2, 0.25) is 0 Å². The van der Waals surface area contributed by atoms with E-state index in [4.69, 9.17) is 10.6 Å². The Morgan fingerprint density at radius 1 is 1.30 bits per heavy atom. The molecule has 20 heavy (non-hydrogen) atoms. The number of hydrogen-bond acceptors (Lipinski definition) is 4. The number of benzene rings is 1. The second-order valence-electron chi connectivity index (χ2n) is 4.85. The van der Waals surface area contributed by atoms with Gasteiger partial charge in [0.05, 0.1) is 0 Å². The molecule has 0 aliphatic rings. The van der Waals surface area contributed by atoms with Crippen LogP contribution in [0.5, 0.6) is 5.75 Å². The van der Waals surface area contributed by atoms with E-state index < -0.39 is 11.9 Å². The minimum atomic E-state index is -0.673. The molecule has 0 heterocycles. The normalized spacial score (nSPS) is 11.8. The number of ether oxygens (including phenoxy) is 1. The zero-order chi connectivity index (χ0) is 15.1. The van der Waals surface area contributed by atoms with E-state index in [-0.39, 0.29) is 18.4 Å². The Labute approximate surface area is 118 Å². The third kappa shape index (κ3) is 4.55. The number of hydrazine groups is 1. The summed E-state index contributed by atoms with van der Waals surface area (Å²) in [6.07, 6.45) is 0. The fraction of sp³-hybridized carbons (Fsp3) is 0.429. The van der Waals surface area contributed by atoms with Crippen molar-refractivity contribution in [2.24, 2.45) is 11.8 Å². The highest BCUT2D eigenvalue weighted by molar-refractivity contribution is 5.88. The number of carbonyl (C=O) groups is 2. The molecule has 1 rings (SSSR count). The van der Waals surface area contributed by atoms with E-state index in [9.17, 15) is 9.59 Å². The van der Waals surface area contributed by atoms with Crippen molar-refractivity contribution in [2.45, 2.75) is 26.8 Å². The summed E-state index contributed by atoms with van der Waals surface area (Å²) in [5, 5.41) is 2.60. The first-order valence-electron chi connectivity index (χ1n) is 6.44. The van der Waals surface area contributed by atoms with Gasteiger partial charge in [0.25, 0.3) is 11.8 Å². The minimum Gasteiger partial charge on any atom is -0.484 e. The van der Waals surface area contributed by atoms with E-state index in [0.29, 0.717) is 5.75 Å². The van der Waals surface area contributed by atoms with Crippen LogP contribution < -0.4 is 21.3 Å². The van der Waals surface area contributed by atoms with Crippen molar-refractivity contribution in [2.75, 3.05) is 6.61 Å². The second-order valence-corrected chi connectivity index (χ2v) is 4.85. The molecule has 0 aliphatic heterocycles. The molecule has 2 amide bonds. The molecule has 1 atom stereocenters. The molecule has 0 aromatic heterocycles. The Hall–Kier alpha value is -2.08. The maximum absolute atomic E-state index is 11.8. The highest BCUT2D eigenvalue weighted by atomic mass is 16.5. The number of amides is 2. The molecule has 1 aromatic rings. The Balaban J connectivity index is 2.55. The molecule has 0 bridgehead atoms. The Morgan fingerprint density at radius 3 is 2.50 bits per heavy atom. The van der Waals surface area contributed by atoms with Crippen LogP contribution in [0.3, 0.4) is 0 Å². The molecule has 6 nitrogen and oxygen atoms in total. The summed E-state index contributed by atoms with van der Waals surface area (Å²) in [5.41, 5.74) is 2.99. The largest absolute Gasteiger partial charge is 0.484 e. The van der Waals surface area contributed by atoms with E-state index in [1.165, 1.54) is 0 Å². The highest BCUT2D eigenvalue weighted by Gasteiger charge is 2.23. The predicted molar refractivity (Wildman–Crippen MR) is 75.8 cm³/mol. The lowest BCUT2D eigenvalue weighted by Gasteiger charge is -2.20. The average Bonchev–Trinajstić information content (AvgIpc) is 2.42. The van der Waals surface area contributed by atoms with E-state index in [1.807, 2.05) is 44.4 Å².